The summed E-state index contributed by atoms with van der Waals surface area (Å²) in [4.78, 5) is 17.6. The van der Waals surface area contributed by atoms with Gasteiger partial charge in [0, 0.05) is 29.3 Å². The van der Waals surface area contributed by atoms with E-state index in [0.29, 0.717) is 13.1 Å². The fraction of sp³-hybridized carbons (Fsp3) is 0.286. The average molecular weight is 335 g/mol. The molecule has 1 amide bonds. The van der Waals surface area contributed by atoms with Crippen LogP contribution in [0.5, 0.6) is 0 Å². The first-order chi connectivity index (χ1) is 12.2. The van der Waals surface area contributed by atoms with Gasteiger partial charge in [0.05, 0.1) is 6.54 Å². The Labute approximate surface area is 148 Å². The number of anilines is 1. The summed E-state index contributed by atoms with van der Waals surface area (Å²) in [5.74, 6) is 0.104. The first-order valence-electron chi connectivity index (χ1n) is 8.81. The maximum Gasteiger partial charge on any atom is 0.240 e. The van der Waals surface area contributed by atoms with Gasteiger partial charge in [-0.25, -0.2) is 0 Å². The van der Waals surface area contributed by atoms with Crippen molar-refractivity contribution < 1.29 is 4.79 Å². The van der Waals surface area contributed by atoms with E-state index in [4.69, 9.17) is 0 Å². The highest BCUT2D eigenvalue weighted by molar-refractivity contribution is 5.94. The van der Waals surface area contributed by atoms with Crippen LogP contribution in [0.1, 0.15) is 18.1 Å². The fourth-order valence-electron chi connectivity index (χ4n) is 3.15. The van der Waals surface area contributed by atoms with E-state index in [9.17, 15) is 4.79 Å². The Morgan fingerprint density at radius 2 is 2.00 bits per heavy atom. The highest BCUT2D eigenvalue weighted by Gasteiger charge is 2.13. The van der Waals surface area contributed by atoms with E-state index in [1.807, 2.05) is 49.1 Å². The molecule has 1 aromatic heterocycles. The van der Waals surface area contributed by atoms with Crippen molar-refractivity contribution in [3.63, 3.8) is 0 Å². The van der Waals surface area contributed by atoms with Gasteiger partial charge in [-0.1, -0.05) is 30.3 Å². The number of hydrogen-bond acceptors (Lipinski definition) is 2. The SMILES string of the molecule is CCN(C(=O)CNCCc1c[nH]c2ccccc12)c1cccc(C)c1. The minimum atomic E-state index is 0.104. The summed E-state index contributed by atoms with van der Waals surface area (Å²) in [6, 6.07) is 16.4. The number of carbonyl (C=O) groups is 1. The number of para-hydroxylation sites is 1. The second-order valence-corrected chi connectivity index (χ2v) is 6.26. The van der Waals surface area contributed by atoms with Crippen LogP contribution in [0.3, 0.4) is 0 Å². The molecule has 0 spiro atoms. The average Bonchev–Trinajstić information content (AvgIpc) is 3.03. The van der Waals surface area contributed by atoms with Gasteiger partial charge in [0.15, 0.2) is 0 Å². The second-order valence-electron chi connectivity index (χ2n) is 6.26. The Morgan fingerprint density at radius 3 is 2.80 bits per heavy atom. The van der Waals surface area contributed by atoms with Gasteiger partial charge in [-0.2, -0.15) is 0 Å². The van der Waals surface area contributed by atoms with Crippen molar-refractivity contribution in [2.45, 2.75) is 20.3 Å². The van der Waals surface area contributed by atoms with Crippen LogP contribution in [0, 0.1) is 6.92 Å². The van der Waals surface area contributed by atoms with Crippen molar-refractivity contribution >= 4 is 22.5 Å². The molecule has 0 bridgehead atoms. The van der Waals surface area contributed by atoms with Crippen LogP contribution < -0.4 is 10.2 Å². The van der Waals surface area contributed by atoms with Crippen molar-refractivity contribution in [1.29, 1.82) is 0 Å². The first kappa shape index (κ1) is 17.2. The summed E-state index contributed by atoms with van der Waals surface area (Å²) in [5.41, 5.74) is 4.56. The summed E-state index contributed by atoms with van der Waals surface area (Å²) < 4.78 is 0. The summed E-state index contributed by atoms with van der Waals surface area (Å²) in [5, 5.41) is 4.54. The standard InChI is InChI=1S/C21H25N3O/c1-3-24(18-8-6-7-16(2)13-18)21(25)15-22-12-11-17-14-23-20-10-5-4-9-19(17)20/h4-10,13-14,22-23H,3,11-12,15H2,1-2H3. The van der Waals surface area contributed by atoms with Gasteiger partial charge in [0.25, 0.3) is 0 Å². The molecule has 3 aromatic rings. The van der Waals surface area contributed by atoms with Gasteiger partial charge in [-0.05, 0) is 56.1 Å². The Kier molecular flexibility index (Phi) is 5.51. The molecule has 0 aliphatic carbocycles. The number of nitrogens with one attached hydrogen (secondary N) is 2. The Hall–Kier alpha value is -2.59. The number of nitrogens with zero attached hydrogens (tertiary/aromatic N) is 1. The van der Waals surface area contributed by atoms with Gasteiger partial charge in [-0.15, -0.1) is 0 Å². The minimum Gasteiger partial charge on any atom is -0.361 e. The second kappa shape index (κ2) is 7.99. The summed E-state index contributed by atoms with van der Waals surface area (Å²) >= 11 is 0. The van der Waals surface area contributed by atoms with E-state index in [1.54, 1.807) is 0 Å². The van der Waals surface area contributed by atoms with Crippen molar-refractivity contribution in [2.75, 3.05) is 24.5 Å². The first-order valence-corrected chi connectivity index (χ1v) is 8.81. The molecule has 25 heavy (non-hydrogen) atoms. The number of hydrogen-bond donors (Lipinski definition) is 2. The fourth-order valence-corrected chi connectivity index (χ4v) is 3.15. The molecule has 0 saturated carbocycles. The zero-order chi connectivity index (χ0) is 17.6. The minimum absolute atomic E-state index is 0.104. The monoisotopic (exact) mass is 335 g/mol. The van der Waals surface area contributed by atoms with E-state index in [2.05, 4.69) is 34.7 Å². The topological polar surface area (TPSA) is 48.1 Å². The number of benzene rings is 2. The van der Waals surface area contributed by atoms with Crippen LogP contribution >= 0.6 is 0 Å². The predicted molar refractivity (Wildman–Crippen MR) is 104 cm³/mol. The van der Waals surface area contributed by atoms with Gasteiger partial charge in [0.2, 0.25) is 5.91 Å². The highest BCUT2D eigenvalue weighted by Crippen LogP contribution is 2.18. The number of aryl methyl sites for hydroxylation is 1. The highest BCUT2D eigenvalue weighted by atomic mass is 16.2. The molecular weight excluding hydrogens is 310 g/mol. The van der Waals surface area contributed by atoms with Crippen LogP contribution in [-0.4, -0.2) is 30.5 Å². The van der Waals surface area contributed by atoms with Crippen LogP contribution in [-0.2, 0) is 11.2 Å². The van der Waals surface area contributed by atoms with Gasteiger partial charge >= 0.3 is 0 Å². The molecule has 4 heteroatoms. The summed E-state index contributed by atoms with van der Waals surface area (Å²) in [7, 11) is 0. The zero-order valence-electron chi connectivity index (χ0n) is 14.9. The van der Waals surface area contributed by atoms with Crippen molar-refractivity contribution in [3.05, 3.63) is 65.9 Å². The van der Waals surface area contributed by atoms with E-state index in [1.165, 1.54) is 10.9 Å². The molecule has 0 unspecified atom stereocenters. The lowest BCUT2D eigenvalue weighted by molar-refractivity contribution is -0.117. The molecule has 2 N–H and O–H groups in total. The quantitative estimate of drug-likeness (QED) is 0.647. The van der Waals surface area contributed by atoms with Crippen molar-refractivity contribution in [1.82, 2.24) is 10.3 Å². The maximum absolute atomic E-state index is 12.5. The molecular formula is C21H25N3O. The molecule has 2 aromatic carbocycles. The number of carbonyl (C=O) groups excluding carboxylic acids is 1. The number of aromatic nitrogens is 1. The Bertz CT molecular complexity index is 853. The van der Waals surface area contributed by atoms with E-state index >= 15 is 0 Å². The molecule has 0 saturated heterocycles. The van der Waals surface area contributed by atoms with Crippen LogP contribution in [0.15, 0.2) is 54.7 Å². The lowest BCUT2D eigenvalue weighted by Crippen LogP contribution is -2.38. The van der Waals surface area contributed by atoms with E-state index in [-0.39, 0.29) is 5.91 Å². The van der Waals surface area contributed by atoms with Gasteiger partial charge in [0.1, 0.15) is 0 Å². The zero-order valence-corrected chi connectivity index (χ0v) is 14.9. The molecule has 0 aliphatic heterocycles. The normalized spacial score (nSPS) is 11.0. The van der Waals surface area contributed by atoms with Gasteiger partial charge < -0.3 is 15.2 Å². The van der Waals surface area contributed by atoms with Crippen molar-refractivity contribution in [3.8, 4) is 0 Å². The van der Waals surface area contributed by atoms with Crippen LogP contribution in [0.25, 0.3) is 10.9 Å². The number of amides is 1. The number of aromatic amines is 1. The third-order valence-corrected chi connectivity index (χ3v) is 4.45. The summed E-state index contributed by atoms with van der Waals surface area (Å²) in [6.45, 7) is 5.85. The third kappa shape index (κ3) is 4.09. The van der Waals surface area contributed by atoms with E-state index in [0.717, 1.165) is 29.7 Å². The van der Waals surface area contributed by atoms with Crippen LogP contribution in [0.2, 0.25) is 0 Å². The van der Waals surface area contributed by atoms with Crippen molar-refractivity contribution in [2.24, 2.45) is 0 Å². The molecule has 1 heterocycles. The Balaban J connectivity index is 1.53. The number of likely N-dealkylation sites (N-methyl/N-ethyl adjacent to an activating group) is 1. The van der Waals surface area contributed by atoms with E-state index < -0.39 is 0 Å². The third-order valence-electron chi connectivity index (χ3n) is 4.45. The molecule has 130 valence electrons. The number of fused-ring (bicyclic) bond motifs is 1. The molecule has 0 atom stereocenters. The Morgan fingerprint density at radius 1 is 1.16 bits per heavy atom. The number of rotatable bonds is 7. The maximum atomic E-state index is 12.5. The lowest BCUT2D eigenvalue weighted by Gasteiger charge is -2.21. The number of H-pyrrole nitrogens is 1. The largest absolute Gasteiger partial charge is 0.361 e. The molecule has 4 nitrogen and oxygen atoms in total. The molecule has 3 rings (SSSR count). The van der Waals surface area contributed by atoms with Crippen LogP contribution in [0.4, 0.5) is 5.69 Å². The summed E-state index contributed by atoms with van der Waals surface area (Å²) in [6.07, 6.45) is 2.95. The smallest absolute Gasteiger partial charge is 0.240 e. The molecule has 0 aliphatic rings. The molecule has 0 fully saturated rings. The predicted octanol–water partition coefficient (Wildman–Crippen LogP) is 3.66. The molecule has 0 radical (unpaired) electrons. The van der Waals surface area contributed by atoms with Gasteiger partial charge in [-0.3, -0.25) is 4.79 Å². The lowest BCUT2D eigenvalue weighted by atomic mass is 10.1.